The molecular formula is C21H23N3O. The predicted molar refractivity (Wildman–Crippen MR) is 99.5 cm³/mol. The van der Waals surface area contributed by atoms with E-state index < -0.39 is 0 Å². The number of carbonyl (C=O) groups excluding carboxylic acids is 1. The lowest BCUT2D eigenvalue weighted by molar-refractivity contribution is 0.0940. The minimum Gasteiger partial charge on any atom is -0.346 e. The Hall–Kier alpha value is -2.88. The van der Waals surface area contributed by atoms with E-state index in [0.717, 1.165) is 24.1 Å². The second-order valence-corrected chi connectivity index (χ2v) is 6.22. The summed E-state index contributed by atoms with van der Waals surface area (Å²) in [5.41, 5.74) is 4.22. The van der Waals surface area contributed by atoms with Gasteiger partial charge < -0.3 is 9.88 Å². The van der Waals surface area contributed by atoms with E-state index in [1.165, 1.54) is 5.56 Å². The van der Waals surface area contributed by atoms with E-state index in [2.05, 4.69) is 41.5 Å². The van der Waals surface area contributed by atoms with Crippen LogP contribution in [0.4, 0.5) is 0 Å². The standard InChI is InChI=1S/C21H23N3O/c1-3-17-4-8-19(9-5-17)16(2)23-21(25)20-10-6-18(7-11-20)14-24-13-12-22-15-24/h4-13,15-16H,3,14H2,1-2H3,(H,23,25)/t16-/m0/s1. The molecule has 0 aliphatic heterocycles. The molecule has 4 heteroatoms. The molecule has 128 valence electrons. The van der Waals surface area contributed by atoms with Crippen molar-refractivity contribution in [3.8, 4) is 0 Å². The average molecular weight is 333 g/mol. The van der Waals surface area contributed by atoms with Crippen LogP contribution in [-0.2, 0) is 13.0 Å². The molecule has 2 aromatic carbocycles. The Morgan fingerprint density at radius 2 is 1.76 bits per heavy atom. The minimum atomic E-state index is -0.0544. The van der Waals surface area contributed by atoms with Gasteiger partial charge in [0, 0.05) is 24.5 Å². The first-order chi connectivity index (χ1) is 12.2. The van der Waals surface area contributed by atoms with E-state index in [0.29, 0.717) is 5.56 Å². The number of aromatic nitrogens is 2. The molecule has 1 aromatic heterocycles. The van der Waals surface area contributed by atoms with Crippen molar-refractivity contribution in [2.24, 2.45) is 0 Å². The number of nitrogens with one attached hydrogen (secondary N) is 1. The molecule has 3 aromatic rings. The van der Waals surface area contributed by atoms with Crippen LogP contribution >= 0.6 is 0 Å². The Morgan fingerprint density at radius 1 is 1.08 bits per heavy atom. The lowest BCUT2D eigenvalue weighted by Crippen LogP contribution is -2.26. The molecule has 0 unspecified atom stereocenters. The minimum absolute atomic E-state index is 0.0240. The average Bonchev–Trinajstić information content (AvgIpc) is 3.15. The quantitative estimate of drug-likeness (QED) is 0.741. The largest absolute Gasteiger partial charge is 0.346 e. The van der Waals surface area contributed by atoms with E-state index >= 15 is 0 Å². The third kappa shape index (κ3) is 4.35. The van der Waals surface area contributed by atoms with E-state index in [-0.39, 0.29) is 11.9 Å². The highest BCUT2D eigenvalue weighted by Crippen LogP contribution is 2.15. The van der Waals surface area contributed by atoms with Crippen LogP contribution in [0.5, 0.6) is 0 Å². The van der Waals surface area contributed by atoms with Gasteiger partial charge >= 0.3 is 0 Å². The topological polar surface area (TPSA) is 46.9 Å². The normalized spacial score (nSPS) is 11.9. The van der Waals surface area contributed by atoms with Crippen LogP contribution in [0, 0.1) is 0 Å². The predicted octanol–water partition coefficient (Wildman–Crippen LogP) is 3.98. The molecule has 0 fully saturated rings. The Balaban J connectivity index is 1.61. The molecule has 0 radical (unpaired) electrons. The van der Waals surface area contributed by atoms with E-state index in [9.17, 15) is 4.79 Å². The van der Waals surface area contributed by atoms with Crippen molar-refractivity contribution >= 4 is 5.91 Å². The fraction of sp³-hybridized carbons (Fsp3) is 0.238. The van der Waals surface area contributed by atoms with E-state index in [4.69, 9.17) is 0 Å². The highest BCUT2D eigenvalue weighted by Gasteiger charge is 2.11. The number of amides is 1. The molecule has 25 heavy (non-hydrogen) atoms. The van der Waals surface area contributed by atoms with Gasteiger partial charge in [-0.1, -0.05) is 43.3 Å². The van der Waals surface area contributed by atoms with Crippen molar-refractivity contribution in [1.29, 1.82) is 0 Å². The lowest BCUT2D eigenvalue weighted by Gasteiger charge is -2.15. The summed E-state index contributed by atoms with van der Waals surface area (Å²) in [4.78, 5) is 16.5. The van der Waals surface area contributed by atoms with Crippen molar-refractivity contribution < 1.29 is 4.79 Å². The number of benzene rings is 2. The molecule has 3 rings (SSSR count). The monoisotopic (exact) mass is 333 g/mol. The van der Waals surface area contributed by atoms with Crippen LogP contribution in [0.25, 0.3) is 0 Å². The molecule has 0 saturated carbocycles. The van der Waals surface area contributed by atoms with Gasteiger partial charge in [-0.05, 0) is 42.2 Å². The Labute approximate surface area is 148 Å². The Bertz CT molecular complexity index is 805. The third-order valence-electron chi connectivity index (χ3n) is 4.38. The maximum atomic E-state index is 12.5. The van der Waals surface area contributed by atoms with E-state index in [1.54, 1.807) is 12.5 Å². The molecule has 0 aliphatic carbocycles. The molecule has 4 nitrogen and oxygen atoms in total. The van der Waals surface area contributed by atoms with Crippen molar-refractivity contribution in [2.45, 2.75) is 32.9 Å². The highest BCUT2D eigenvalue weighted by atomic mass is 16.1. The van der Waals surface area contributed by atoms with Gasteiger partial charge in [0.1, 0.15) is 0 Å². The van der Waals surface area contributed by atoms with Crippen molar-refractivity contribution in [3.63, 3.8) is 0 Å². The number of imidazole rings is 1. The first-order valence-corrected chi connectivity index (χ1v) is 8.60. The zero-order valence-corrected chi connectivity index (χ0v) is 14.6. The summed E-state index contributed by atoms with van der Waals surface area (Å²) in [6.45, 7) is 4.89. The summed E-state index contributed by atoms with van der Waals surface area (Å²) < 4.78 is 2.00. The van der Waals surface area contributed by atoms with Crippen LogP contribution in [-0.4, -0.2) is 15.5 Å². The van der Waals surface area contributed by atoms with Gasteiger partial charge in [0.05, 0.1) is 12.4 Å². The lowest BCUT2D eigenvalue weighted by atomic mass is 10.0. The molecule has 1 amide bonds. The Kier molecular flexibility index (Phi) is 5.29. The van der Waals surface area contributed by atoms with Gasteiger partial charge in [0.15, 0.2) is 0 Å². The number of hydrogen-bond acceptors (Lipinski definition) is 2. The number of rotatable bonds is 6. The van der Waals surface area contributed by atoms with Gasteiger partial charge in [-0.15, -0.1) is 0 Å². The van der Waals surface area contributed by atoms with Crippen molar-refractivity contribution in [1.82, 2.24) is 14.9 Å². The molecule has 0 saturated heterocycles. The van der Waals surface area contributed by atoms with E-state index in [1.807, 2.05) is 42.0 Å². The second kappa shape index (κ2) is 7.79. The molecule has 1 atom stereocenters. The molecule has 0 bridgehead atoms. The maximum Gasteiger partial charge on any atom is 0.251 e. The van der Waals surface area contributed by atoms with Crippen LogP contribution in [0.2, 0.25) is 0 Å². The number of nitrogens with zero attached hydrogens (tertiary/aromatic N) is 2. The summed E-state index contributed by atoms with van der Waals surface area (Å²) in [6.07, 6.45) is 6.49. The SMILES string of the molecule is CCc1ccc([C@H](C)NC(=O)c2ccc(Cn3ccnc3)cc2)cc1. The number of carbonyl (C=O) groups is 1. The first kappa shape index (κ1) is 17.0. The number of aryl methyl sites for hydroxylation is 1. The molecule has 0 aliphatic rings. The Morgan fingerprint density at radius 3 is 2.36 bits per heavy atom. The van der Waals surface area contributed by atoms with Crippen LogP contribution < -0.4 is 5.32 Å². The molecule has 0 spiro atoms. The van der Waals surface area contributed by atoms with Crippen LogP contribution in [0.1, 0.15) is 46.9 Å². The van der Waals surface area contributed by atoms with Gasteiger partial charge in [-0.25, -0.2) is 4.98 Å². The summed E-state index contributed by atoms with van der Waals surface area (Å²) in [5, 5.41) is 3.06. The van der Waals surface area contributed by atoms with Gasteiger partial charge in [-0.3, -0.25) is 4.79 Å². The van der Waals surface area contributed by atoms with Gasteiger partial charge in [0.2, 0.25) is 0 Å². The molecule has 1 N–H and O–H groups in total. The van der Waals surface area contributed by atoms with Crippen molar-refractivity contribution in [2.75, 3.05) is 0 Å². The van der Waals surface area contributed by atoms with Crippen LogP contribution in [0.15, 0.2) is 67.3 Å². The van der Waals surface area contributed by atoms with Gasteiger partial charge in [-0.2, -0.15) is 0 Å². The first-order valence-electron chi connectivity index (χ1n) is 8.60. The van der Waals surface area contributed by atoms with Crippen molar-refractivity contribution in [3.05, 3.63) is 89.5 Å². The van der Waals surface area contributed by atoms with Crippen LogP contribution in [0.3, 0.4) is 0 Å². The fourth-order valence-electron chi connectivity index (χ4n) is 2.76. The zero-order chi connectivity index (χ0) is 17.6. The zero-order valence-electron chi connectivity index (χ0n) is 14.6. The summed E-state index contributed by atoms with van der Waals surface area (Å²) in [5.74, 6) is -0.0544. The third-order valence-corrected chi connectivity index (χ3v) is 4.38. The fourth-order valence-corrected chi connectivity index (χ4v) is 2.76. The second-order valence-electron chi connectivity index (χ2n) is 6.22. The van der Waals surface area contributed by atoms with Gasteiger partial charge in [0.25, 0.3) is 5.91 Å². The summed E-state index contributed by atoms with van der Waals surface area (Å²) >= 11 is 0. The number of hydrogen-bond donors (Lipinski definition) is 1. The molecular weight excluding hydrogens is 310 g/mol. The molecule has 1 heterocycles. The summed E-state index contributed by atoms with van der Waals surface area (Å²) in [6, 6.07) is 16.1. The smallest absolute Gasteiger partial charge is 0.251 e. The highest BCUT2D eigenvalue weighted by molar-refractivity contribution is 5.94. The maximum absolute atomic E-state index is 12.5. The summed E-state index contributed by atoms with van der Waals surface area (Å²) in [7, 11) is 0.